The molecule has 1 aliphatic rings. The van der Waals surface area contributed by atoms with E-state index < -0.39 is 0 Å². The Morgan fingerprint density at radius 2 is 2.43 bits per heavy atom. The van der Waals surface area contributed by atoms with Crippen molar-refractivity contribution in [1.82, 2.24) is 5.32 Å². The number of hydrogen-bond acceptors (Lipinski definition) is 1. The van der Waals surface area contributed by atoms with Crippen molar-refractivity contribution in [3.8, 4) is 0 Å². The maximum atomic E-state index is 3.53. The van der Waals surface area contributed by atoms with Crippen LogP contribution in [0.3, 0.4) is 0 Å². The SMILES string of the molecule is BrC1CCCNC1. The van der Waals surface area contributed by atoms with Crippen LogP contribution in [0, 0.1) is 0 Å². The van der Waals surface area contributed by atoms with Crippen molar-refractivity contribution in [2.75, 3.05) is 13.1 Å². The van der Waals surface area contributed by atoms with Gasteiger partial charge < -0.3 is 5.32 Å². The van der Waals surface area contributed by atoms with Crippen molar-refractivity contribution < 1.29 is 0 Å². The topological polar surface area (TPSA) is 12.0 Å². The highest BCUT2D eigenvalue weighted by atomic mass is 79.9. The van der Waals surface area contributed by atoms with Crippen LogP contribution in [0.2, 0.25) is 0 Å². The molecule has 0 amide bonds. The summed E-state index contributed by atoms with van der Waals surface area (Å²) in [6.07, 6.45) is 2.67. The Hall–Kier alpha value is 0.440. The minimum Gasteiger partial charge on any atom is -0.316 e. The fraction of sp³-hybridized carbons (Fsp3) is 1.00. The van der Waals surface area contributed by atoms with E-state index in [0.717, 1.165) is 11.4 Å². The first kappa shape index (κ1) is 5.57. The van der Waals surface area contributed by atoms with E-state index in [-0.39, 0.29) is 0 Å². The lowest BCUT2D eigenvalue weighted by Crippen LogP contribution is -2.29. The van der Waals surface area contributed by atoms with Crippen LogP contribution < -0.4 is 5.32 Å². The second kappa shape index (κ2) is 2.68. The van der Waals surface area contributed by atoms with Crippen molar-refractivity contribution in [2.24, 2.45) is 0 Å². The van der Waals surface area contributed by atoms with Gasteiger partial charge in [0.25, 0.3) is 0 Å². The molecule has 0 aromatic carbocycles. The highest BCUT2D eigenvalue weighted by molar-refractivity contribution is 9.09. The highest BCUT2D eigenvalue weighted by Crippen LogP contribution is 2.09. The third-order valence-corrected chi connectivity index (χ3v) is 2.02. The lowest BCUT2D eigenvalue weighted by Gasteiger charge is -2.15. The van der Waals surface area contributed by atoms with Crippen LogP contribution in [0.25, 0.3) is 0 Å². The predicted molar refractivity (Wildman–Crippen MR) is 34.8 cm³/mol. The fourth-order valence-corrected chi connectivity index (χ4v) is 1.36. The summed E-state index contributed by atoms with van der Waals surface area (Å²) >= 11 is 3.53. The van der Waals surface area contributed by atoms with E-state index >= 15 is 0 Å². The summed E-state index contributed by atoms with van der Waals surface area (Å²) in [5, 5.41) is 3.29. The zero-order chi connectivity index (χ0) is 5.11. The van der Waals surface area contributed by atoms with Gasteiger partial charge in [0.15, 0.2) is 0 Å². The molecule has 2 heteroatoms. The molecule has 1 fully saturated rings. The average molecular weight is 164 g/mol. The van der Waals surface area contributed by atoms with Gasteiger partial charge in [-0.3, -0.25) is 0 Å². The molecule has 0 radical (unpaired) electrons. The molecule has 1 nitrogen and oxygen atoms in total. The van der Waals surface area contributed by atoms with Crippen LogP contribution in [-0.4, -0.2) is 17.9 Å². The molecule has 0 spiro atoms. The fourth-order valence-electron chi connectivity index (χ4n) is 0.809. The summed E-state index contributed by atoms with van der Waals surface area (Å²) in [6.45, 7) is 2.36. The summed E-state index contributed by atoms with van der Waals surface area (Å²) in [5.74, 6) is 0. The number of halogens is 1. The highest BCUT2D eigenvalue weighted by Gasteiger charge is 2.06. The Labute approximate surface area is 52.6 Å². The number of piperidine rings is 1. The number of alkyl halides is 1. The summed E-state index contributed by atoms with van der Waals surface area (Å²) in [5.41, 5.74) is 0. The van der Waals surface area contributed by atoms with Gasteiger partial charge in [0.05, 0.1) is 0 Å². The lowest BCUT2D eigenvalue weighted by molar-refractivity contribution is 0.536. The van der Waals surface area contributed by atoms with Gasteiger partial charge in [-0.25, -0.2) is 0 Å². The Bertz CT molecular complexity index is 50.0. The molecule has 1 saturated heterocycles. The normalized spacial score (nSPS) is 33.0. The molecule has 7 heavy (non-hydrogen) atoms. The largest absolute Gasteiger partial charge is 0.316 e. The smallest absolute Gasteiger partial charge is 0.0271 e. The van der Waals surface area contributed by atoms with Gasteiger partial charge in [-0.05, 0) is 19.4 Å². The summed E-state index contributed by atoms with van der Waals surface area (Å²) in [6, 6.07) is 0. The van der Waals surface area contributed by atoms with E-state index in [2.05, 4.69) is 21.2 Å². The molecular formula is C5H10BrN. The maximum absolute atomic E-state index is 3.53. The van der Waals surface area contributed by atoms with E-state index in [0.29, 0.717) is 0 Å². The van der Waals surface area contributed by atoms with Crippen LogP contribution in [0.4, 0.5) is 0 Å². The molecule has 0 aliphatic carbocycles. The van der Waals surface area contributed by atoms with Gasteiger partial charge >= 0.3 is 0 Å². The second-order valence-corrected chi connectivity index (χ2v) is 3.24. The third kappa shape index (κ3) is 1.78. The summed E-state index contributed by atoms with van der Waals surface area (Å²) < 4.78 is 0. The van der Waals surface area contributed by atoms with E-state index in [1.165, 1.54) is 19.4 Å². The van der Waals surface area contributed by atoms with Crippen molar-refractivity contribution in [3.63, 3.8) is 0 Å². The zero-order valence-corrected chi connectivity index (χ0v) is 5.87. The van der Waals surface area contributed by atoms with E-state index in [9.17, 15) is 0 Å². The molecule has 0 bridgehead atoms. The van der Waals surface area contributed by atoms with E-state index in [4.69, 9.17) is 0 Å². The quantitative estimate of drug-likeness (QED) is 0.529. The molecule has 0 saturated carbocycles. The maximum Gasteiger partial charge on any atom is 0.0271 e. The minimum absolute atomic E-state index is 0.737. The molecule has 1 atom stereocenters. The molecule has 1 N–H and O–H groups in total. The average Bonchev–Trinajstić information content (AvgIpc) is 1.69. The molecular weight excluding hydrogens is 154 g/mol. The first-order valence-electron chi connectivity index (χ1n) is 2.74. The van der Waals surface area contributed by atoms with Crippen LogP contribution >= 0.6 is 15.9 Å². The van der Waals surface area contributed by atoms with Crippen LogP contribution in [0.5, 0.6) is 0 Å². The molecule has 0 aromatic rings. The van der Waals surface area contributed by atoms with Crippen LogP contribution in [0.1, 0.15) is 12.8 Å². The molecule has 1 rings (SSSR count). The minimum atomic E-state index is 0.737. The number of hydrogen-bond donors (Lipinski definition) is 1. The third-order valence-electron chi connectivity index (χ3n) is 1.24. The number of nitrogens with one attached hydrogen (secondary N) is 1. The molecule has 1 aliphatic heterocycles. The van der Waals surface area contributed by atoms with E-state index in [1.807, 2.05) is 0 Å². The van der Waals surface area contributed by atoms with Gasteiger partial charge in [0, 0.05) is 11.4 Å². The molecule has 0 aromatic heterocycles. The Morgan fingerprint density at radius 3 is 2.71 bits per heavy atom. The summed E-state index contributed by atoms with van der Waals surface area (Å²) in [4.78, 5) is 0.737. The van der Waals surface area contributed by atoms with Crippen LogP contribution in [-0.2, 0) is 0 Å². The Kier molecular flexibility index (Phi) is 2.13. The van der Waals surface area contributed by atoms with Gasteiger partial charge in [0.2, 0.25) is 0 Å². The first-order valence-corrected chi connectivity index (χ1v) is 3.66. The molecule has 1 unspecified atom stereocenters. The van der Waals surface area contributed by atoms with Crippen molar-refractivity contribution in [1.29, 1.82) is 0 Å². The van der Waals surface area contributed by atoms with Crippen molar-refractivity contribution >= 4 is 15.9 Å². The first-order chi connectivity index (χ1) is 3.39. The van der Waals surface area contributed by atoms with Gasteiger partial charge in [0.1, 0.15) is 0 Å². The van der Waals surface area contributed by atoms with Gasteiger partial charge in [-0.15, -0.1) is 0 Å². The molecule has 1 heterocycles. The van der Waals surface area contributed by atoms with Gasteiger partial charge in [-0.2, -0.15) is 0 Å². The van der Waals surface area contributed by atoms with E-state index in [1.54, 1.807) is 0 Å². The molecule has 42 valence electrons. The van der Waals surface area contributed by atoms with Crippen molar-refractivity contribution in [2.45, 2.75) is 17.7 Å². The Balaban J connectivity index is 2.12. The Morgan fingerprint density at radius 1 is 1.57 bits per heavy atom. The predicted octanol–water partition coefficient (Wildman–Crippen LogP) is 1.13. The van der Waals surface area contributed by atoms with Gasteiger partial charge in [-0.1, -0.05) is 15.9 Å². The van der Waals surface area contributed by atoms with Crippen LogP contribution in [0.15, 0.2) is 0 Å². The standard InChI is InChI=1S/C5H10BrN/c6-5-2-1-3-7-4-5/h5,7H,1-4H2. The summed E-state index contributed by atoms with van der Waals surface area (Å²) in [7, 11) is 0. The second-order valence-electron chi connectivity index (χ2n) is 1.94. The van der Waals surface area contributed by atoms with Crippen molar-refractivity contribution in [3.05, 3.63) is 0 Å². The lowest BCUT2D eigenvalue weighted by atomic mass is 10.2. The number of rotatable bonds is 0. The zero-order valence-electron chi connectivity index (χ0n) is 4.28. The monoisotopic (exact) mass is 163 g/mol.